The number of carbonyl (C=O) groups is 1. The number of hydroxylamine groups is 1. The van der Waals surface area contributed by atoms with E-state index in [4.69, 9.17) is 4.84 Å². The van der Waals surface area contributed by atoms with Gasteiger partial charge in [-0.25, -0.2) is 0 Å². The lowest BCUT2D eigenvalue weighted by Gasteiger charge is -2.29. The van der Waals surface area contributed by atoms with Gasteiger partial charge in [-0.2, -0.15) is 5.48 Å². The summed E-state index contributed by atoms with van der Waals surface area (Å²) in [5.41, 5.74) is 5.34. The summed E-state index contributed by atoms with van der Waals surface area (Å²) in [5.74, 6) is 0.0625. The van der Waals surface area contributed by atoms with Gasteiger partial charge < -0.3 is 10.6 Å². The van der Waals surface area contributed by atoms with Crippen LogP contribution in [0.1, 0.15) is 24.0 Å². The Morgan fingerprint density at radius 3 is 2.32 bits per heavy atom. The number of carbonyl (C=O) groups excluding carboxylic acids is 1. The number of piperidine rings is 1. The van der Waals surface area contributed by atoms with Crippen LogP contribution in [-0.2, 0) is 22.8 Å². The Hall–Kier alpha value is -2.21. The van der Waals surface area contributed by atoms with Gasteiger partial charge in [0.1, 0.15) is 0 Å². The van der Waals surface area contributed by atoms with Crippen molar-refractivity contribution in [3.05, 3.63) is 71.8 Å². The second kappa shape index (κ2) is 9.32. The Labute approximate surface area is 148 Å². The van der Waals surface area contributed by atoms with Crippen LogP contribution in [0.5, 0.6) is 0 Å². The van der Waals surface area contributed by atoms with Crippen LogP contribution < -0.4 is 16.1 Å². The van der Waals surface area contributed by atoms with Crippen molar-refractivity contribution in [3.8, 4) is 0 Å². The average Bonchev–Trinajstić information content (AvgIpc) is 2.68. The summed E-state index contributed by atoms with van der Waals surface area (Å²) in [6, 6.07) is 20.1. The SMILES string of the molecule is O=C(NCc1ccccc1)[C@@H]1CC[C@@H](NOCc2ccccc2)CN1. The summed E-state index contributed by atoms with van der Waals surface area (Å²) in [6.45, 7) is 1.83. The molecule has 2 atom stereocenters. The van der Waals surface area contributed by atoms with Gasteiger partial charge in [-0.15, -0.1) is 0 Å². The molecular formula is C20H25N3O2. The molecule has 0 aromatic heterocycles. The maximum Gasteiger partial charge on any atom is 0.237 e. The van der Waals surface area contributed by atoms with Crippen LogP contribution in [0.4, 0.5) is 0 Å². The highest BCUT2D eigenvalue weighted by Gasteiger charge is 2.25. The van der Waals surface area contributed by atoms with Gasteiger partial charge in [-0.3, -0.25) is 9.63 Å². The molecule has 5 heteroatoms. The van der Waals surface area contributed by atoms with Gasteiger partial charge in [0, 0.05) is 19.1 Å². The first kappa shape index (κ1) is 17.6. The Kier molecular flexibility index (Phi) is 6.56. The molecule has 1 heterocycles. The fourth-order valence-electron chi connectivity index (χ4n) is 2.91. The standard InChI is InChI=1S/C20H25N3O2/c24-20(22-13-16-7-3-1-4-8-16)19-12-11-18(14-21-19)23-25-15-17-9-5-2-6-10-17/h1-10,18-19,21,23H,11-15H2,(H,22,24)/t18-,19+/m1/s1. The number of hydrogen-bond donors (Lipinski definition) is 3. The van der Waals surface area contributed by atoms with E-state index in [1.807, 2.05) is 60.7 Å². The Bertz CT molecular complexity index is 641. The summed E-state index contributed by atoms with van der Waals surface area (Å²) >= 11 is 0. The number of amides is 1. The third-order valence-electron chi connectivity index (χ3n) is 4.37. The molecule has 5 nitrogen and oxygen atoms in total. The molecule has 0 bridgehead atoms. The highest BCUT2D eigenvalue weighted by molar-refractivity contribution is 5.81. The maximum atomic E-state index is 12.3. The average molecular weight is 339 g/mol. The number of nitrogens with one attached hydrogen (secondary N) is 3. The van der Waals surface area contributed by atoms with Crippen molar-refractivity contribution in [1.82, 2.24) is 16.1 Å². The van der Waals surface area contributed by atoms with Crippen molar-refractivity contribution in [2.45, 2.75) is 38.1 Å². The van der Waals surface area contributed by atoms with Crippen molar-refractivity contribution in [3.63, 3.8) is 0 Å². The van der Waals surface area contributed by atoms with E-state index in [9.17, 15) is 4.79 Å². The molecule has 3 rings (SSSR count). The summed E-state index contributed by atoms with van der Waals surface area (Å²) in [7, 11) is 0. The summed E-state index contributed by atoms with van der Waals surface area (Å²) in [5, 5.41) is 6.29. The van der Waals surface area contributed by atoms with E-state index in [1.165, 1.54) is 0 Å². The minimum atomic E-state index is -0.129. The molecule has 0 radical (unpaired) electrons. The Morgan fingerprint density at radius 1 is 1.00 bits per heavy atom. The first-order valence-electron chi connectivity index (χ1n) is 8.77. The normalized spacial score (nSPS) is 20.2. The van der Waals surface area contributed by atoms with E-state index in [2.05, 4.69) is 16.1 Å². The Balaban J connectivity index is 1.33. The largest absolute Gasteiger partial charge is 0.351 e. The lowest BCUT2D eigenvalue weighted by atomic mass is 10.0. The van der Waals surface area contributed by atoms with Gasteiger partial charge in [0.05, 0.1) is 12.6 Å². The van der Waals surface area contributed by atoms with Crippen molar-refractivity contribution >= 4 is 5.91 Å². The van der Waals surface area contributed by atoms with Gasteiger partial charge >= 0.3 is 0 Å². The van der Waals surface area contributed by atoms with Crippen LogP contribution in [0.3, 0.4) is 0 Å². The van der Waals surface area contributed by atoms with E-state index >= 15 is 0 Å². The summed E-state index contributed by atoms with van der Waals surface area (Å²) in [6.07, 6.45) is 1.71. The van der Waals surface area contributed by atoms with Crippen LogP contribution >= 0.6 is 0 Å². The molecule has 0 unspecified atom stereocenters. The van der Waals surface area contributed by atoms with Gasteiger partial charge in [-0.05, 0) is 24.0 Å². The molecule has 0 spiro atoms. The molecule has 1 aliphatic heterocycles. The van der Waals surface area contributed by atoms with Gasteiger partial charge in [-0.1, -0.05) is 60.7 Å². The van der Waals surface area contributed by atoms with Crippen LogP contribution in [-0.4, -0.2) is 24.5 Å². The molecule has 0 aliphatic carbocycles. The zero-order chi connectivity index (χ0) is 17.3. The lowest BCUT2D eigenvalue weighted by Crippen LogP contribution is -2.53. The van der Waals surface area contributed by atoms with Gasteiger partial charge in [0.2, 0.25) is 5.91 Å². The van der Waals surface area contributed by atoms with E-state index < -0.39 is 0 Å². The van der Waals surface area contributed by atoms with Crippen molar-refractivity contribution in [2.75, 3.05) is 6.54 Å². The topological polar surface area (TPSA) is 62.4 Å². The van der Waals surface area contributed by atoms with Gasteiger partial charge in [0.25, 0.3) is 0 Å². The molecule has 2 aromatic carbocycles. The summed E-state index contributed by atoms with van der Waals surface area (Å²) < 4.78 is 0. The van der Waals surface area contributed by atoms with Crippen LogP contribution in [0.25, 0.3) is 0 Å². The first-order chi connectivity index (χ1) is 12.3. The third kappa shape index (κ3) is 5.67. The number of rotatable bonds is 7. The van der Waals surface area contributed by atoms with Crippen LogP contribution in [0, 0.1) is 0 Å². The zero-order valence-corrected chi connectivity index (χ0v) is 14.3. The number of benzene rings is 2. The molecule has 0 saturated carbocycles. The minimum absolute atomic E-state index is 0.0625. The molecule has 1 amide bonds. The molecular weight excluding hydrogens is 314 g/mol. The van der Waals surface area contributed by atoms with Gasteiger partial charge in [0.15, 0.2) is 0 Å². The lowest BCUT2D eigenvalue weighted by molar-refractivity contribution is -0.124. The zero-order valence-electron chi connectivity index (χ0n) is 14.3. The quantitative estimate of drug-likeness (QED) is 0.677. The van der Waals surface area contributed by atoms with Crippen molar-refractivity contribution in [2.24, 2.45) is 0 Å². The van der Waals surface area contributed by atoms with E-state index in [1.54, 1.807) is 0 Å². The molecule has 1 saturated heterocycles. The smallest absolute Gasteiger partial charge is 0.237 e. The van der Waals surface area contributed by atoms with Crippen LogP contribution in [0.15, 0.2) is 60.7 Å². The van der Waals surface area contributed by atoms with Crippen molar-refractivity contribution in [1.29, 1.82) is 0 Å². The highest BCUT2D eigenvalue weighted by Crippen LogP contribution is 2.09. The highest BCUT2D eigenvalue weighted by atomic mass is 16.6. The van der Waals surface area contributed by atoms with Crippen LogP contribution in [0.2, 0.25) is 0 Å². The van der Waals surface area contributed by atoms with Crippen molar-refractivity contribution < 1.29 is 9.63 Å². The molecule has 25 heavy (non-hydrogen) atoms. The van der Waals surface area contributed by atoms with E-state index in [-0.39, 0.29) is 18.0 Å². The maximum absolute atomic E-state index is 12.3. The van der Waals surface area contributed by atoms with E-state index in [0.717, 1.165) is 30.5 Å². The predicted molar refractivity (Wildman–Crippen MR) is 97.5 cm³/mol. The fourth-order valence-corrected chi connectivity index (χ4v) is 2.91. The Morgan fingerprint density at radius 2 is 1.68 bits per heavy atom. The number of hydrogen-bond acceptors (Lipinski definition) is 4. The van der Waals surface area contributed by atoms with E-state index in [0.29, 0.717) is 13.2 Å². The second-order valence-electron chi connectivity index (χ2n) is 6.33. The molecule has 1 aliphatic rings. The second-order valence-corrected chi connectivity index (χ2v) is 6.33. The monoisotopic (exact) mass is 339 g/mol. The first-order valence-corrected chi connectivity index (χ1v) is 8.77. The predicted octanol–water partition coefficient (Wildman–Crippen LogP) is 2.14. The summed E-state index contributed by atoms with van der Waals surface area (Å²) in [4.78, 5) is 17.8. The molecule has 132 valence electrons. The molecule has 2 aromatic rings. The fraction of sp³-hybridized carbons (Fsp3) is 0.350. The minimum Gasteiger partial charge on any atom is -0.351 e. The molecule has 3 N–H and O–H groups in total. The third-order valence-corrected chi connectivity index (χ3v) is 4.37. The molecule has 1 fully saturated rings.